The van der Waals surface area contributed by atoms with Crippen molar-refractivity contribution < 1.29 is 9.53 Å². The first kappa shape index (κ1) is 19.9. The Hall–Kier alpha value is -2.01. The van der Waals surface area contributed by atoms with Crippen LogP contribution in [0.1, 0.15) is 64.3 Å². The number of hydrogen-bond acceptors (Lipinski definition) is 3. The zero-order chi connectivity index (χ0) is 20.5. The zero-order valence-electron chi connectivity index (χ0n) is 18.3. The molecule has 0 N–H and O–H groups in total. The Bertz CT molecular complexity index is 870. The average Bonchev–Trinajstić information content (AvgIpc) is 3.44. The molecule has 2 aliphatic heterocycles. The maximum Gasteiger partial charge on any atom is 0.219 e. The molecular formula is C25H35N3O2. The fourth-order valence-electron chi connectivity index (χ4n) is 5.81. The van der Waals surface area contributed by atoms with E-state index in [2.05, 4.69) is 39.9 Å². The summed E-state index contributed by atoms with van der Waals surface area (Å²) in [5, 5.41) is 1.25. The maximum absolute atomic E-state index is 11.6. The largest absolute Gasteiger partial charge is 0.490 e. The molecular weight excluding hydrogens is 374 g/mol. The SMILES string of the molecule is CC(=O)N1CCC(n2ccc3cc(OC4CCN(C5CCCC5)CC4)ccc32)CC1. The second-order valence-electron chi connectivity index (χ2n) is 9.47. The number of amides is 1. The Labute approximate surface area is 180 Å². The summed E-state index contributed by atoms with van der Waals surface area (Å²) in [6, 6.07) is 10.1. The van der Waals surface area contributed by atoms with E-state index in [9.17, 15) is 4.79 Å². The molecule has 5 heteroatoms. The van der Waals surface area contributed by atoms with E-state index in [4.69, 9.17) is 4.74 Å². The minimum Gasteiger partial charge on any atom is -0.490 e. The Morgan fingerprint density at radius 2 is 1.63 bits per heavy atom. The second kappa shape index (κ2) is 8.62. The molecule has 5 rings (SSSR count). The number of rotatable bonds is 4. The fraction of sp³-hybridized carbons (Fsp3) is 0.640. The van der Waals surface area contributed by atoms with Gasteiger partial charge < -0.3 is 19.1 Å². The van der Waals surface area contributed by atoms with Crippen molar-refractivity contribution in [2.24, 2.45) is 0 Å². The summed E-state index contributed by atoms with van der Waals surface area (Å²) in [6.45, 7) is 5.77. The highest BCUT2D eigenvalue weighted by atomic mass is 16.5. The normalized spacial score (nSPS) is 22.8. The van der Waals surface area contributed by atoms with Gasteiger partial charge in [-0.2, -0.15) is 0 Å². The molecule has 0 atom stereocenters. The van der Waals surface area contributed by atoms with Crippen molar-refractivity contribution in [1.29, 1.82) is 0 Å². The molecule has 0 radical (unpaired) electrons. The monoisotopic (exact) mass is 409 g/mol. The van der Waals surface area contributed by atoms with Gasteiger partial charge in [-0.15, -0.1) is 0 Å². The number of piperidine rings is 2. The summed E-state index contributed by atoms with van der Waals surface area (Å²) in [6.07, 6.45) is 12.5. The minimum absolute atomic E-state index is 0.196. The number of fused-ring (bicyclic) bond motifs is 1. The number of benzene rings is 1. The van der Waals surface area contributed by atoms with Gasteiger partial charge in [0.05, 0.1) is 0 Å². The van der Waals surface area contributed by atoms with Crippen molar-refractivity contribution in [2.45, 2.75) is 76.5 Å². The standard InChI is InChI=1S/C25H35N3O2/c1-19(29)26-13-9-22(10-14-26)28-17-8-20-18-24(6-7-25(20)28)30-23-11-15-27(16-12-23)21-4-2-3-5-21/h6-8,17-18,21-23H,2-5,9-16H2,1H3. The number of aromatic nitrogens is 1. The molecule has 0 bridgehead atoms. The molecule has 162 valence electrons. The highest BCUT2D eigenvalue weighted by molar-refractivity contribution is 5.82. The van der Waals surface area contributed by atoms with Gasteiger partial charge in [0.2, 0.25) is 5.91 Å². The molecule has 1 aromatic carbocycles. The average molecular weight is 410 g/mol. The molecule has 1 aromatic heterocycles. The summed E-state index contributed by atoms with van der Waals surface area (Å²) >= 11 is 0. The first-order valence-corrected chi connectivity index (χ1v) is 11.9. The quantitative estimate of drug-likeness (QED) is 0.740. The maximum atomic E-state index is 11.6. The Morgan fingerprint density at radius 3 is 2.33 bits per heavy atom. The predicted molar refractivity (Wildman–Crippen MR) is 120 cm³/mol. The van der Waals surface area contributed by atoms with Crippen molar-refractivity contribution in [3.8, 4) is 5.75 Å². The van der Waals surface area contributed by atoms with Crippen LogP contribution in [0.4, 0.5) is 0 Å². The minimum atomic E-state index is 0.196. The van der Waals surface area contributed by atoms with Crippen molar-refractivity contribution in [3.63, 3.8) is 0 Å². The molecule has 5 nitrogen and oxygen atoms in total. The smallest absolute Gasteiger partial charge is 0.219 e. The first-order valence-electron chi connectivity index (χ1n) is 11.9. The number of carbonyl (C=O) groups excluding carboxylic acids is 1. The Morgan fingerprint density at radius 1 is 0.900 bits per heavy atom. The number of ether oxygens (including phenoxy) is 1. The molecule has 3 fully saturated rings. The molecule has 0 spiro atoms. The molecule has 3 heterocycles. The number of likely N-dealkylation sites (tertiary alicyclic amines) is 2. The lowest BCUT2D eigenvalue weighted by Gasteiger charge is -2.36. The molecule has 30 heavy (non-hydrogen) atoms. The van der Waals surface area contributed by atoms with Crippen molar-refractivity contribution in [2.75, 3.05) is 26.2 Å². The fourth-order valence-corrected chi connectivity index (χ4v) is 5.81. The Balaban J connectivity index is 1.20. The summed E-state index contributed by atoms with van der Waals surface area (Å²) in [5.41, 5.74) is 1.28. The molecule has 2 aromatic rings. The van der Waals surface area contributed by atoms with Crippen LogP contribution in [0.25, 0.3) is 10.9 Å². The van der Waals surface area contributed by atoms with Crippen molar-refractivity contribution in [3.05, 3.63) is 30.5 Å². The van der Waals surface area contributed by atoms with E-state index in [0.717, 1.165) is 50.6 Å². The summed E-state index contributed by atoms with van der Waals surface area (Å²) < 4.78 is 8.79. The topological polar surface area (TPSA) is 37.7 Å². The van der Waals surface area contributed by atoms with Gasteiger partial charge in [0.25, 0.3) is 0 Å². The van der Waals surface area contributed by atoms with Gasteiger partial charge in [0.1, 0.15) is 11.9 Å². The Kier molecular flexibility index (Phi) is 5.72. The van der Waals surface area contributed by atoms with Crippen molar-refractivity contribution >= 4 is 16.8 Å². The lowest BCUT2D eigenvalue weighted by molar-refractivity contribution is -0.130. The number of nitrogens with zero attached hydrogens (tertiary/aromatic N) is 3. The van der Waals surface area contributed by atoms with Gasteiger partial charge in [0.15, 0.2) is 0 Å². The van der Waals surface area contributed by atoms with Crippen molar-refractivity contribution in [1.82, 2.24) is 14.4 Å². The van der Waals surface area contributed by atoms with E-state index in [1.807, 2.05) is 4.90 Å². The van der Waals surface area contributed by atoms with Gasteiger partial charge >= 0.3 is 0 Å². The molecule has 1 amide bonds. The van der Waals surface area contributed by atoms with Crippen LogP contribution in [-0.4, -0.2) is 58.6 Å². The third kappa shape index (κ3) is 4.09. The first-order chi connectivity index (χ1) is 14.7. The lowest BCUT2D eigenvalue weighted by atomic mass is 10.0. The van der Waals surface area contributed by atoms with Crippen LogP contribution >= 0.6 is 0 Å². The number of hydrogen-bond donors (Lipinski definition) is 0. The predicted octanol–water partition coefficient (Wildman–Crippen LogP) is 4.61. The van der Waals surface area contributed by atoms with E-state index in [-0.39, 0.29) is 5.91 Å². The van der Waals surface area contributed by atoms with Gasteiger partial charge in [-0.1, -0.05) is 12.8 Å². The van der Waals surface area contributed by atoms with Gasteiger partial charge in [-0.25, -0.2) is 0 Å². The third-order valence-electron chi connectivity index (χ3n) is 7.62. The van der Waals surface area contributed by atoms with Crippen LogP contribution in [0.3, 0.4) is 0 Å². The van der Waals surface area contributed by atoms with Gasteiger partial charge in [-0.05, 0) is 62.8 Å². The summed E-state index contributed by atoms with van der Waals surface area (Å²) in [7, 11) is 0. The molecule has 1 saturated carbocycles. The van der Waals surface area contributed by atoms with Crippen LogP contribution in [0.2, 0.25) is 0 Å². The molecule has 2 saturated heterocycles. The van der Waals surface area contributed by atoms with Gasteiger partial charge in [0, 0.05) is 62.3 Å². The third-order valence-corrected chi connectivity index (χ3v) is 7.62. The van der Waals surface area contributed by atoms with E-state index in [1.54, 1.807) is 6.92 Å². The van der Waals surface area contributed by atoms with Crippen LogP contribution < -0.4 is 4.74 Å². The lowest BCUT2D eigenvalue weighted by Crippen LogP contribution is -2.43. The van der Waals surface area contributed by atoms with E-state index >= 15 is 0 Å². The van der Waals surface area contributed by atoms with Crippen LogP contribution in [-0.2, 0) is 4.79 Å². The highest BCUT2D eigenvalue weighted by Gasteiger charge is 2.28. The molecule has 1 aliphatic carbocycles. The van der Waals surface area contributed by atoms with Gasteiger partial charge in [-0.3, -0.25) is 4.79 Å². The highest BCUT2D eigenvalue weighted by Crippen LogP contribution is 2.31. The molecule has 0 unspecified atom stereocenters. The second-order valence-corrected chi connectivity index (χ2v) is 9.47. The summed E-state index contributed by atoms with van der Waals surface area (Å²) in [5.74, 6) is 1.20. The van der Waals surface area contributed by atoms with E-state index in [1.165, 1.54) is 49.7 Å². The number of carbonyl (C=O) groups is 1. The van der Waals surface area contributed by atoms with E-state index in [0.29, 0.717) is 12.1 Å². The van der Waals surface area contributed by atoms with Crippen LogP contribution in [0.5, 0.6) is 5.75 Å². The van der Waals surface area contributed by atoms with Crippen LogP contribution in [0, 0.1) is 0 Å². The molecule has 3 aliphatic rings. The van der Waals surface area contributed by atoms with E-state index < -0.39 is 0 Å². The summed E-state index contributed by atoms with van der Waals surface area (Å²) in [4.78, 5) is 16.3. The zero-order valence-corrected chi connectivity index (χ0v) is 18.3. The van der Waals surface area contributed by atoms with Crippen LogP contribution in [0.15, 0.2) is 30.5 Å².